The van der Waals surface area contributed by atoms with Crippen molar-refractivity contribution in [3.05, 3.63) is 81.0 Å². The van der Waals surface area contributed by atoms with Crippen LogP contribution in [-0.2, 0) is 16.0 Å². The van der Waals surface area contributed by atoms with Crippen molar-refractivity contribution in [3.8, 4) is 0 Å². The fraction of sp³-hybridized carbons (Fsp3) is 0.200. The van der Waals surface area contributed by atoms with Crippen molar-refractivity contribution in [1.29, 1.82) is 0 Å². The van der Waals surface area contributed by atoms with E-state index in [2.05, 4.69) is 11.9 Å². The monoisotopic (exact) mass is 491 g/mol. The number of esters is 1. The first-order valence-corrected chi connectivity index (χ1v) is 12.3. The molecular formula is C25H21N3O4S2. The molecule has 4 aromatic rings. The second-order valence-electron chi connectivity index (χ2n) is 7.82. The molecule has 2 aromatic heterocycles. The van der Waals surface area contributed by atoms with Crippen molar-refractivity contribution < 1.29 is 19.4 Å². The molecule has 0 unspecified atom stereocenters. The van der Waals surface area contributed by atoms with E-state index < -0.39 is 17.9 Å². The summed E-state index contributed by atoms with van der Waals surface area (Å²) in [6.07, 6.45) is 0.883. The van der Waals surface area contributed by atoms with E-state index in [1.165, 1.54) is 23.3 Å². The van der Waals surface area contributed by atoms with Gasteiger partial charge < -0.3 is 9.84 Å². The van der Waals surface area contributed by atoms with E-state index in [0.29, 0.717) is 26.3 Å². The van der Waals surface area contributed by atoms with E-state index >= 15 is 0 Å². The number of aromatic nitrogens is 2. The Morgan fingerprint density at radius 1 is 1.12 bits per heavy atom. The van der Waals surface area contributed by atoms with Gasteiger partial charge in [-0.3, -0.25) is 9.69 Å². The van der Waals surface area contributed by atoms with Crippen molar-refractivity contribution in [2.45, 2.75) is 26.3 Å². The molecule has 1 aliphatic rings. The molecule has 1 atom stereocenters. The Hall–Kier alpha value is -3.56. The first-order valence-electron chi connectivity index (χ1n) is 10.7. The number of aliphatic hydroxyl groups is 1. The molecule has 0 bridgehead atoms. The van der Waals surface area contributed by atoms with Gasteiger partial charge in [-0.05, 0) is 36.6 Å². The first kappa shape index (κ1) is 22.2. The van der Waals surface area contributed by atoms with Crippen LogP contribution in [0.15, 0.2) is 54.3 Å². The molecule has 0 radical (unpaired) electrons. The zero-order chi connectivity index (χ0) is 24.0. The minimum Gasteiger partial charge on any atom is -0.503 e. The smallest absolute Gasteiger partial charge is 0.350 e. The second kappa shape index (κ2) is 8.66. The van der Waals surface area contributed by atoms with Crippen molar-refractivity contribution in [2.75, 3.05) is 12.0 Å². The van der Waals surface area contributed by atoms with Crippen LogP contribution in [0.2, 0.25) is 0 Å². The number of rotatable bonds is 5. The number of nitrogens with zero attached hydrogens (tertiary/aromatic N) is 3. The molecule has 7 nitrogen and oxygen atoms in total. The largest absolute Gasteiger partial charge is 0.503 e. The molecule has 3 heterocycles. The molecule has 2 aromatic carbocycles. The Kier molecular flexibility index (Phi) is 5.66. The summed E-state index contributed by atoms with van der Waals surface area (Å²) >= 11 is 2.49. The summed E-state index contributed by atoms with van der Waals surface area (Å²) in [4.78, 5) is 36.6. The van der Waals surface area contributed by atoms with Crippen LogP contribution in [-0.4, -0.2) is 34.1 Å². The summed E-state index contributed by atoms with van der Waals surface area (Å²) < 4.78 is 5.82. The van der Waals surface area contributed by atoms with Crippen LogP contribution in [0, 0.1) is 6.92 Å². The maximum absolute atomic E-state index is 13.4. The van der Waals surface area contributed by atoms with Crippen molar-refractivity contribution >= 4 is 55.5 Å². The number of hydrogen-bond acceptors (Lipinski definition) is 8. The number of hydrogen-bond donors (Lipinski definition) is 1. The lowest BCUT2D eigenvalue weighted by molar-refractivity contribution is -0.117. The van der Waals surface area contributed by atoms with Gasteiger partial charge in [-0.15, -0.1) is 11.3 Å². The van der Waals surface area contributed by atoms with Gasteiger partial charge in [-0.25, -0.2) is 14.8 Å². The van der Waals surface area contributed by atoms with Gasteiger partial charge in [0.1, 0.15) is 9.88 Å². The zero-order valence-corrected chi connectivity index (χ0v) is 20.4. The normalized spacial score (nSPS) is 16.0. The standard InChI is InChI=1S/C25H21N3O4S2/c1-4-14-9-11-15(12-10-14)19-18(22-27-16-7-5-6-8-17(16)33-22)20(29)23(30)28(19)25-26-13(2)21(34-25)24(31)32-3/h5-12,19,29H,4H2,1-3H3/t19-/m0/s1. The highest BCUT2D eigenvalue weighted by Crippen LogP contribution is 2.48. The second-order valence-corrected chi connectivity index (χ2v) is 9.83. The first-order chi connectivity index (χ1) is 16.4. The molecule has 1 N–H and O–H groups in total. The third-order valence-electron chi connectivity index (χ3n) is 5.80. The highest BCUT2D eigenvalue weighted by molar-refractivity contribution is 7.19. The molecule has 5 rings (SSSR count). The number of aliphatic hydroxyl groups excluding tert-OH is 1. The molecule has 0 saturated carbocycles. The summed E-state index contributed by atoms with van der Waals surface area (Å²) in [5.74, 6) is -1.46. The highest BCUT2D eigenvalue weighted by Gasteiger charge is 2.45. The maximum atomic E-state index is 13.4. The number of fused-ring (bicyclic) bond motifs is 1. The Morgan fingerprint density at radius 2 is 1.85 bits per heavy atom. The summed E-state index contributed by atoms with van der Waals surface area (Å²) in [6, 6.07) is 15.0. The molecular weight excluding hydrogens is 470 g/mol. The van der Waals surface area contributed by atoms with Crippen LogP contribution in [0.3, 0.4) is 0 Å². The van der Waals surface area contributed by atoms with Crippen LogP contribution < -0.4 is 4.90 Å². The predicted molar refractivity (Wildman–Crippen MR) is 133 cm³/mol. The fourth-order valence-electron chi connectivity index (χ4n) is 4.03. The molecule has 1 aliphatic heterocycles. The number of para-hydroxylation sites is 1. The summed E-state index contributed by atoms with van der Waals surface area (Å²) in [5, 5.41) is 12.0. The lowest BCUT2D eigenvalue weighted by atomic mass is 9.98. The van der Waals surface area contributed by atoms with E-state index in [1.807, 2.05) is 48.5 Å². The molecule has 34 heavy (non-hydrogen) atoms. The van der Waals surface area contributed by atoms with Gasteiger partial charge >= 0.3 is 5.97 Å². The predicted octanol–water partition coefficient (Wildman–Crippen LogP) is 5.47. The fourth-order valence-corrected chi connectivity index (χ4v) is 6.07. The number of amides is 1. The Labute approximate surface area is 204 Å². The molecule has 9 heteroatoms. The third-order valence-corrected chi connectivity index (χ3v) is 8.00. The highest BCUT2D eigenvalue weighted by atomic mass is 32.1. The van der Waals surface area contributed by atoms with E-state index in [9.17, 15) is 14.7 Å². The Balaban J connectivity index is 1.69. The summed E-state index contributed by atoms with van der Waals surface area (Å²) in [6.45, 7) is 3.77. The van der Waals surface area contributed by atoms with Gasteiger partial charge in [-0.1, -0.05) is 54.7 Å². The molecule has 172 valence electrons. The average Bonchev–Trinajstić information content (AvgIpc) is 3.52. The number of methoxy groups -OCH3 is 1. The van der Waals surface area contributed by atoms with Crippen LogP contribution >= 0.6 is 22.7 Å². The van der Waals surface area contributed by atoms with E-state index in [1.54, 1.807) is 6.92 Å². The number of carbonyl (C=O) groups excluding carboxylic acids is 2. The van der Waals surface area contributed by atoms with Crippen molar-refractivity contribution in [3.63, 3.8) is 0 Å². The minimum absolute atomic E-state index is 0.315. The number of thiazole rings is 2. The van der Waals surface area contributed by atoms with E-state index in [0.717, 1.165) is 39.1 Å². The Morgan fingerprint density at radius 3 is 2.53 bits per heavy atom. The SMILES string of the molecule is CCc1ccc([C@H]2C(c3nc4ccccc4s3)=C(O)C(=O)N2c2nc(C)c(C(=O)OC)s2)cc1. The Bertz CT molecular complexity index is 1420. The number of ether oxygens (including phenoxy) is 1. The molecule has 0 saturated heterocycles. The van der Waals surface area contributed by atoms with Crippen LogP contribution in [0.5, 0.6) is 0 Å². The number of benzene rings is 2. The van der Waals surface area contributed by atoms with Crippen molar-refractivity contribution in [1.82, 2.24) is 9.97 Å². The zero-order valence-electron chi connectivity index (χ0n) is 18.7. The van der Waals surface area contributed by atoms with Gasteiger partial charge in [0.05, 0.1) is 34.6 Å². The summed E-state index contributed by atoms with van der Waals surface area (Å²) in [7, 11) is 1.30. The van der Waals surface area contributed by atoms with Gasteiger partial charge in [0.2, 0.25) is 0 Å². The average molecular weight is 492 g/mol. The van der Waals surface area contributed by atoms with Gasteiger partial charge in [-0.2, -0.15) is 0 Å². The van der Waals surface area contributed by atoms with Gasteiger partial charge in [0.15, 0.2) is 10.9 Å². The number of carbonyl (C=O) groups is 2. The third kappa shape index (κ3) is 3.57. The molecule has 0 spiro atoms. The lowest BCUT2D eigenvalue weighted by Gasteiger charge is -2.24. The number of aryl methyl sites for hydroxylation is 2. The van der Waals surface area contributed by atoms with Crippen LogP contribution in [0.1, 0.15) is 44.5 Å². The van der Waals surface area contributed by atoms with Crippen LogP contribution in [0.4, 0.5) is 5.13 Å². The quantitative estimate of drug-likeness (QED) is 0.372. The maximum Gasteiger partial charge on any atom is 0.350 e. The van der Waals surface area contributed by atoms with Crippen molar-refractivity contribution in [2.24, 2.45) is 0 Å². The molecule has 1 amide bonds. The molecule has 0 aliphatic carbocycles. The lowest BCUT2D eigenvalue weighted by Crippen LogP contribution is -2.30. The van der Waals surface area contributed by atoms with Crippen LogP contribution in [0.25, 0.3) is 15.8 Å². The molecule has 0 fully saturated rings. The van der Waals surface area contributed by atoms with E-state index in [-0.39, 0.29) is 5.76 Å². The minimum atomic E-state index is -0.644. The summed E-state index contributed by atoms with van der Waals surface area (Å²) in [5.41, 5.74) is 3.67. The topological polar surface area (TPSA) is 92.6 Å². The van der Waals surface area contributed by atoms with Gasteiger partial charge in [0.25, 0.3) is 5.91 Å². The van der Waals surface area contributed by atoms with Gasteiger partial charge in [0, 0.05) is 0 Å². The van der Waals surface area contributed by atoms with E-state index in [4.69, 9.17) is 9.72 Å². The number of anilines is 1.